The van der Waals surface area contributed by atoms with Crippen LogP contribution in [0.1, 0.15) is 17.5 Å². The van der Waals surface area contributed by atoms with Crippen LogP contribution in [0.25, 0.3) is 0 Å². The molecule has 152 valence electrons. The fourth-order valence-corrected chi connectivity index (χ4v) is 3.16. The Morgan fingerprint density at radius 2 is 1.59 bits per heavy atom. The van der Waals surface area contributed by atoms with Crippen LogP contribution in [0, 0.1) is 0 Å². The average Bonchev–Trinajstić information content (AvgIpc) is 3.50. The smallest absolute Gasteiger partial charge is 0.202 e. The number of allylic oxidation sites excluding steroid dienone is 2. The maximum atomic E-state index is 5.92. The molecule has 0 aliphatic carbocycles. The van der Waals surface area contributed by atoms with Gasteiger partial charge in [-0.1, -0.05) is 12.2 Å². The van der Waals surface area contributed by atoms with Crippen LogP contribution in [0.3, 0.4) is 0 Å². The van der Waals surface area contributed by atoms with E-state index in [-0.39, 0.29) is 12.4 Å². The van der Waals surface area contributed by atoms with Crippen LogP contribution in [-0.4, -0.2) is 32.2 Å². The van der Waals surface area contributed by atoms with Gasteiger partial charge in [0.25, 0.3) is 0 Å². The van der Waals surface area contributed by atoms with E-state index in [1.54, 1.807) is 0 Å². The Morgan fingerprint density at radius 3 is 2.14 bits per heavy atom. The molecule has 2 fully saturated rings. The first-order valence-electron chi connectivity index (χ1n) is 10.0. The minimum absolute atomic E-state index is 0.132. The van der Waals surface area contributed by atoms with Crippen molar-refractivity contribution in [3.05, 3.63) is 72.8 Å². The maximum absolute atomic E-state index is 5.92. The molecule has 2 saturated heterocycles. The van der Waals surface area contributed by atoms with Gasteiger partial charge in [-0.2, -0.15) is 0 Å². The summed E-state index contributed by atoms with van der Waals surface area (Å²) in [7, 11) is 0. The van der Waals surface area contributed by atoms with E-state index in [0.717, 1.165) is 66.5 Å². The summed E-state index contributed by atoms with van der Waals surface area (Å²) in [6.45, 7) is 9.87. The molecule has 0 aromatic heterocycles. The topological polar surface area (TPSA) is 52.2 Å². The van der Waals surface area contributed by atoms with E-state index in [9.17, 15) is 0 Å². The molecule has 29 heavy (non-hydrogen) atoms. The number of anilines is 2. The van der Waals surface area contributed by atoms with Gasteiger partial charge in [0.05, 0.1) is 13.2 Å². The fourth-order valence-electron chi connectivity index (χ4n) is 3.16. The second-order valence-electron chi connectivity index (χ2n) is 7.23. The number of hydrogen-bond donors (Lipinski definition) is 1. The molecule has 5 heteroatoms. The van der Waals surface area contributed by atoms with Crippen LogP contribution in [0.4, 0.5) is 11.4 Å². The summed E-state index contributed by atoms with van der Waals surface area (Å²) in [4.78, 5) is 0. The molecule has 1 N–H and O–H groups in total. The first-order valence-corrected chi connectivity index (χ1v) is 10.0. The molecular weight excluding hydrogens is 366 g/mol. The third kappa shape index (κ3) is 5.19. The van der Waals surface area contributed by atoms with Gasteiger partial charge in [-0.05, 0) is 54.8 Å². The third-order valence-electron chi connectivity index (χ3n) is 4.88. The van der Waals surface area contributed by atoms with Crippen molar-refractivity contribution in [2.24, 2.45) is 0 Å². The van der Waals surface area contributed by atoms with Crippen molar-refractivity contribution in [2.45, 2.75) is 31.7 Å². The van der Waals surface area contributed by atoms with E-state index in [2.05, 4.69) is 30.6 Å². The van der Waals surface area contributed by atoms with Crippen LogP contribution in [-0.2, 0) is 22.3 Å². The predicted molar refractivity (Wildman–Crippen MR) is 114 cm³/mol. The Bertz CT molecular complexity index is 871. The molecule has 2 heterocycles. The lowest BCUT2D eigenvalue weighted by Gasteiger charge is -2.28. The molecule has 2 aromatic carbocycles. The lowest BCUT2D eigenvalue weighted by Crippen LogP contribution is -2.32. The summed E-state index contributed by atoms with van der Waals surface area (Å²) in [5.74, 6) is 1.72. The van der Waals surface area contributed by atoms with E-state index in [0.29, 0.717) is 6.61 Å². The Hall–Kier alpha value is -2.76. The zero-order valence-corrected chi connectivity index (χ0v) is 16.6. The molecule has 0 amide bonds. The van der Waals surface area contributed by atoms with Gasteiger partial charge in [0.15, 0.2) is 0 Å². The molecule has 5 nitrogen and oxygen atoms in total. The number of rotatable bonds is 11. The molecular formula is C24H27NO4. The third-order valence-corrected chi connectivity index (χ3v) is 4.88. The summed E-state index contributed by atoms with van der Waals surface area (Å²) in [6, 6.07) is 12.2. The lowest BCUT2D eigenvalue weighted by molar-refractivity contribution is -0.165. The van der Waals surface area contributed by atoms with Crippen LogP contribution in [0.2, 0.25) is 0 Å². The van der Waals surface area contributed by atoms with Crippen molar-refractivity contribution >= 4 is 11.4 Å². The summed E-state index contributed by atoms with van der Waals surface area (Å²) < 4.78 is 22.4. The van der Waals surface area contributed by atoms with E-state index in [1.165, 1.54) is 0 Å². The van der Waals surface area contributed by atoms with Crippen LogP contribution < -0.4 is 14.8 Å². The molecule has 0 spiro atoms. The summed E-state index contributed by atoms with van der Waals surface area (Å²) in [5, 5.41) is 3.48. The zero-order chi connectivity index (χ0) is 20.1. The van der Waals surface area contributed by atoms with Gasteiger partial charge < -0.3 is 24.3 Å². The first kappa shape index (κ1) is 19.6. The van der Waals surface area contributed by atoms with Crippen LogP contribution >= 0.6 is 0 Å². The summed E-state index contributed by atoms with van der Waals surface area (Å²) in [6.07, 6.45) is 6.27. The SMILES string of the molecule is C=CCc1cc(Nc2ccc(OC3CCO3)c(CC=C)c2)ccc1OCC1CO1. The largest absolute Gasteiger partial charge is 0.490 e. The molecule has 0 saturated carbocycles. The summed E-state index contributed by atoms with van der Waals surface area (Å²) in [5.41, 5.74) is 4.17. The van der Waals surface area contributed by atoms with Gasteiger partial charge in [0.1, 0.15) is 24.2 Å². The van der Waals surface area contributed by atoms with Gasteiger partial charge >= 0.3 is 0 Å². The van der Waals surface area contributed by atoms with Crippen LogP contribution in [0.15, 0.2) is 61.7 Å². The molecule has 2 aliphatic rings. The molecule has 0 radical (unpaired) electrons. The van der Waals surface area contributed by atoms with Crippen molar-refractivity contribution < 1.29 is 18.9 Å². The van der Waals surface area contributed by atoms with E-state index < -0.39 is 0 Å². The molecule has 2 atom stereocenters. The van der Waals surface area contributed by atoms with Crippen molar-refractivity contribution in [2.75, 3.05) is 25.1 Å². The second-order valence-corrected chi connectivity index (χ2v) is 7.23. The number of ether oxygens (including phenoxy) is 4. The van der Waals surface area contributed by atoms with E-state index >= 15 is 0 Å². The lowest BCUT2D eigenvalue weighted by atomic mass is 10.1. The van der Waals surface area contributed by atoms with Crippen LogP contribution in [0.5, 0.6) is 11.5 Å². The normalized spacial score (nSPS) is 19.7. The average molecular weight is 393 g/mol. The number of nitrogens with one attached hydrogen (secondary N) is 1. The molecule has 2 aliphatic heterocycles. The monoisotopic (exact) mass is 393 g/mol. The number of benzene rings is 2. The zero-order valence-electron chi connectivity index (χ0n) is 16.6. The second kappa shape index (κ2) is 9.16. The Labute approximate surface area is 171 Å². The quantitative estimate of drug-likeness (QED) is 0.439. The first-order chi connectivity index (χ1) is 14.2. The molecule has 4 rings (SSSR count). The number of hydrogen-bond acceptors (Lipinski definition) is 5. The minimum atomic E-state index is -0.132. The molecule has 2 unspecified atom stereocenters. The fraction of sp³-hybridized carbons (Fsp3) is 0.333. The summed E-state index contributed by atoms with van der Waals surface area (Å²) >= 11 is 0. The van der Waals surface area contributed by atoms with E-state index in [4.69, 9.17) is 18.9 Å². The highest BCUT2D eigenvalue weighted by molar-refractivity contribution is 5.64. The molecule has 2 aromatic rings. The Morgan fingerprint density at radius 1 is 0.966 bits per heavy atom. The van der Waals surface area contributed by atoms with Crippen molar-refractivity contribution in [1.82, 2.24) is 0 Å². The maximum Gasteiger partial charge on any atom is 0.202 e. The highest BCUT2D eigenvalue weighted by atomic mass is 16.7. The Kier molecular flexibility index (Phi) is 6.17. The standard InChI is InChI=1S/C24H27NO4/c1-3-5-17-13-19(7-9-22(17)28-16-21-15-27-21)25-20-8-10-23(18(14-20)6-4-2)29-24-11-12-26-24/h3-4,7-10,13-14,21,24-25H,1-2,5-6,11-12,15-16H2. The molecule has 0 bridgehead atoms. The van der Waals surface area contributed by atoms with E-state index in [1.807, 2.05) is 36.4 Å². The van der Waals surface area contributed by atoms with Crippen molar-refractivity contribution in [3.8, 4) is 11.5 Å². The predicted octanol–water partition coefficient (Wildman–Crippen LogP) is 4.79. The van der Waals surface area contributed by atoms with Crippen molar-refractivity contribution in [3.63, 3.8) is 0 Å². The Balaban J connectivity index is 1.49. The van der Waals surface area contributed by atoms with Gasteiger partial charge in [0.2, 0.25) is 6.29 Å². The van der Waals surface area contributed by atoms with Crippen molar-refractivity contribution in [1.29, 1.82) is 0 Å². The van der Waals surface area contributed by atoms with Gasteiger partial charge in [0, 0.05) is 23.4 Å². The van der Waals surface area contributed by atoms with Gasteiger partial charge in [-0.15, -0.1) is 13.2 Å². The van der Waals surface area contributed by atoms with Gasteiger partial charge in [-0.25, -0.2) is 0 Å². The number of epoxide rings is 1. The highest BCUT2D eigenvalue weighted by Crippen LogP contribution is 2.30. The highest BCUT2D eigenvalue weighted by Gasteiger charge is 2.23. The van der Waals surface area contributed by atoms with Gasteiger partial charge in [-0.3, -0.25) is 0 Å². The minimum Gasteiger partial charge on any atom is -0.490 e.